The van der Waals surface area contributed by atoms with Crippen molar-refractivity contribution in [1.82, 2.24) is 10.2 Å². The molecule has 1 aromatic rings. The van der Waals surface area contributed by atoms with Gasteiger partial charge in [-0.25, -0.2) is 13.6 Å². The minimum atomic E-state index is -3.79. The molecular weight excluding hydrogens is 318 g/mol. The largest absolute Gasteiger partial charge is 0.350 e. The number of amides is 2. The number of piperazine rings is 1. The Kier molecular flexibility index (Phi) is 4.11. The SMILES string of the molecule is NS(=O)(=O)c1ccc(C(=O)N2CC(=O)NC3CCCCC32)cc1. The highest BCUT2D eigenvalue weighted by molar-refractivity contribution is 7.89. The number of hydrogen-bond donors (Lipinski definition) is 2. The van der Waals surface area contributed by atoms with E-state index in [1.165, 1.54) is 24.3 Å². The monoisotopic (exact) mass is 337 g/mol. The lowest BCUT2D eigenvalue weighted by Gasteiger charge is -2.44. The van der Waals surface area contributed by atoms with E-state index in [2.05, 4.69) is 5.32 Å². The highest BCUT2D eigenvalue weighted by Gasteiger charge is 2.39. The number of sulfonamides is 1. The van der Waals surface area contributed by atoms with Crippen LogP contribution in [0.5, 0.6) is 0 Å². The Hall–Kier alpha value is -1.93. The Morgan fingerprint density at radius 2 is 1.83 bits per heavy atom. The predicted octanol–water partition coefficient (Wildman–Crippen LogP) is 0.217. The lowest BCUT2D eigenvalue weighted by molar-refractivity contribution is -0.127. The number of nitrogens with zero attached hydrogens (tertiary/aromatic N) is 1. The highest BCUT2D eigenvalue weighted by atomic mass is 32.2. The van der Waals surface area contributed by atoms with Gasteiger partial charge in [-0.1, -0.05) is 12.8 Å². The summed E-state index contributed by atoms with van der Waals surface area (Å²) in [6.07, 6.45) is 3.83. The van der Waals surface area contributed by atoms with Crippen molar-refractivity contribution in [2.75, 3.05) is 6.54 Å². The van der Waals surface area contributed by atoms with Gasteiger partial charge in [-0.2, -0.15) is 0 Å². The maximum Gasteiger partial charge on any atom is 0.254 e. The molecule has 1 aliphatic heterocycles. The van der Waals surface area contributed by atoms with Crippen LogP contribution >= 0.6 is 0 Å². The quantitative estimate of drug-likeness (QED) is 0.804. The Labute approximate surface area is 134 Å². The Balaban J connectivity index is 1.84. The van der Waals surface area contributed by atoms with Crippen LogP contribution in [0.4, 0.5) is 0 Å². The van der Waals surface area contributed by atoms with Crippen molar-refractivity contribution in [1.29, 1.82) is 0 Å². The third-order valence-electron chi connectivity index (χ3n) is 4.48. The first kappa shape index (κ1) is 15.9. The summed E-state index contributed by atoms with van der Waals surface area (Å²) in [6, 6.07) is 5.51. The number of nitrogens with two attached hydrogens (primary N) is 1. The third-order valence-corrected chi connectivity index (χ3v) is 5.41. The molecule has 0 aromatic heterocycles. The topological polar surface area (TPSA) is 110 Å². The molecule has 3 rings (SSSR count). The molecule has 2 aliphatic rings. The van der Waals surface area contributed by atoms with Crippen LogP contribution in [-0.4, -0.2) is 43.8 Å². The zero-order valence-electron chi connectivity index (χ0n) is 12.6. The van der Waals surface area contributed by atoms with Gasteiger partial charge < -0.3 is 10.2 Å². The lowest BCUT2D eigenvalue weighted by atomic mass is 9.87. The summed E-state index contributed by atoms with van der Waals surface area (Å²) in [5, 5.41) is 8.01. The molecule has 23 heavy (non-hydrogen) atoms. The zero-order chi connectivity index (χ0) is 16.6. The molecule has 2 fully saturated rings. The standard InChI is InChI=1S/C15H19N3O4S/c16-23(21,22)11-7-5-10(6-8-11)15(20)18-9-14(19)17-12-3-1-2-4-13(12)18/h5-8,12-13H,1-4,9H2,(H,17,19)(H2,16,21,22). The number of benzene rings is 1. The van der Waals surface area contributed by atoms with Crippen LogP contribution in [0.3, 0.4) is 0 Å². The third kappa shape index (κ3) is 3.23. The molecule has 2 unspecified atom stereocenters. The molecule has 2 atom stereocenters. The van der Waals surface area contributed by atoms with Crippen molar-refractivity contribution >= 4 is 21.8 Å². The van der Waals surface area contributed by atoms with Crippen LogP contribution < -0.4 is 10.5 Å². The summed E-state index contributed by atoms with van der Waals surface area (Å²) in [7, 11) is -3.79. The molecular formula is C15H19N3O4S. The zero-order valence-corrected chi connectivity index (χ0v) is 13.4. The average molecular weight is 337 g/mol. The Bertz CT molecular complexity index is 730. The van der Waals surface area contributed by atoms with Gasteiger partial charge in [-0.15, -0.1) is 0 Å². The predicted molar refractivity (Wildman–Crippen MR) is 83.0 cm³/mol. The molecule has 1 heterocycles. The normalized spacial score (nSPS) is 24.7. The van der Waals surface area contributed by atoms with Crippen molar-refractivity contribution in [3.63, 3.8) is 0 Å². The number of carbonyl (C=O) groups is 2. The molecule has 1 saturated heterocycles. The van der Waals surface area contributed by atoms with Gasteiger partial charge in [-0.05, 0) is 37.1 Å². The number of fused-ring (bicyclic) bond motifs is 1. The second-order valence-electron chi connectivity index (χ2n) is 6.03. The maximum absolute atomic E-state index is 12.7. The summed E-state index contributed by atoms with van der Waals surface area (Å²) in [6.45, 7) is 0.0386. The number of rotatable bonds is 2. The Morgan fingerprint density at radius 1 is 1.17 bits per heavy atom. The lowest BCUT2D eigenvalue weighted by Crippen LogP contribution is -2.62. The van der Waals surface area contributed by atoms with E-state index in [9.17, 15) is 18.0 Å². The first-order valence-electron chi connectivity index (χ1n) is 7.59. The fourth-order valence-electron chi connectivity index (χ4n) is 3.35. The van der Waals surface area contributed by atoms with E-state index in [1.807, 2.05) is 0 Å². The van der Waals surface area contributed by atoms with E-state index in [0.29, 0.717) is 5.56 Å². The molecule has 2 amide bonds. The first-order valence-corrected chi connectivity index (χ1v) is 9.14. The van der Waals surface area contributed by atoms with Gasteiger partial charge in [0.2, 0.25) is 15.9 Å². The van der Waals surface area contributed by atoms with E-state index < -0.39 is 10.0 Å². The minimum absolute atomic E-state index is 0.00636. The highest BCUT2D eigenvalue weighted by Crippen LogP contribution is 2.27. The summed E-state index contributed by atoms with van der Waals surface area (Å²) < 4.78 is 22.6. The molecule has 1 saturated carbocycles. The van der Waals surface area contributed by atoms with E-state index in [1.54, 1.807) is 4.90 Å². The summed E-state index contributed by atoms with van der Waals surface area (Å²) in [4.78, 5) is 26.1. The van der Waals surface area contributed by atoms with Crippen LogP contribution in [0.2, 0.25) is 0 Å². The number of hydrogen-bond acceptors (Lipinski definition) is 4. The molecule has 7 nitrogen and oxygen atoms in total. The van der Waals surface area contributed by atoms with E-state index in [-0.39, 0.29) is 35.3 Å². The van der Waals surface area contributed by atoms with Gasteiger partial charge in [0.05, 0.1) is 10.9 Å². The number of nitrogens with one attached hydrogen (secondary N) is 1. The first-order chi connectivity index (χ1) is 10.9. The van der Waals surface area contributed by atoms with Crippen LogP contribution in [0.15, 0.2) is 29.2 Å². The van der Waals surface area contributed by atoms with Gasteiger partial charge in [-0.3, -0.25) is 9.59 Å². The molecule has 3 N–H and O–H groups in total. The van der Waals surface area contributed by atoms with Gasteiger partial charge in [0.1, 0.15) is 6.54 Å². The molecule has 0 radical (unpaired) electrons. The maximum atomic E-state index is 12.7. The molecule has 1 aromatic carbocycles. The molecule has 8 heteroatoms. The van der Waals surface area contributed by atoms with Crippen LogP contribution in [0.25, 0.3) is 0 Å². The fourth-order valence-corrected chi connectivity index (χ4v) is 3.87. The van der Waals surface area contributed by atoms with Crippen LogP contribution in [0, 0.1) is 0 Å². The van der Waals surface area contributed by atoms with Gasteiger partial charge in [0.15, 0.2) is 0 Å². The summed E-state index contributed by atoms with van der Waals surface area (Å²) in [5.41, 5.74) is 0.358. The van der Waals surface area contributed by atoms with Crippen molar-refractivity contribution in [2.24, 2.45) is 5.14 Å². The second-order valence-corrected chi connectivity index (χ2v) is 7.59. The van der Waals surface area contributed by atoms with Gasteiger partial charge in [0, 0.05) is 11.6 Å². The number of primary sulfonamides is 1. The van der Waals surface area contributed by atoms with Crippen LogP contribution in [0.1, 0.15) is 36.0 Å². The van der Waals surface area contributed by atoms with Crippen molar-refractivity contribution in [3.8, 4) is 0 Å². The number of carbonyl (C=O) groups excluding carboxylic acids is 2. The Morgan fingerprint density at radius 3 is 2.48 bits per heavy atom. The van der Waals surface area contributed by atoms with Gasteiger partial charge >= 0.3 is 0 Å². The van der Waals surface area contributed by atoms with Crippen molar-refractivity contribution in [2.45, 2.75) is 42.7 Å². The second kappa shape index (κ2) is 5.93. The fraction of sp³-hybridized carbons (Fsp3) is 0.467. The van der Waals surface area contributed by atoms with E-state index in [4.69, 9.17) is 5.14 Å². The molecule has 1 aliphatic carbocycles. The average Bonchev–Trinajstić information content (AvgIpc) is 2.52. The molecule has 0 spiro atoms. The molecule has 0 bridgehead atoms. The summed E-state index contributed by atoms with van der Waals surface area (Å²) in [5.74, 6) is -0.402. The van der Waals surface area contributed by atoms with Crippen molar-refractivity contribution in [3.05, 3.63) is 29.8 Å². The summed E-state index contributed by atoms with van der Waals surface area (Å²) >= 11 is 0. The van der Waals surface area contributed by atoms with Crippen molar-refractivity contribution < 1.29 is 18.0 Å². The smallest absolute Gasteiger partial charge is 0.254 e. The van der Waals surface area contributed by atoms with E-state index in [0.717, 1.165) is 25.7 Å². The molecule has 124 valence electrons. The van der Waals surface area contributed by atoms with Crippen LogP contribution in [-0.2, 0) is 14.8 Å². The van der Waals surface area contributed by atoms with Gasteiger partial charge in [0.25, 0.3) is 5.91 Å². The minimum Gasteiger partial charge on any atom is -0.350 e. The van der Waals surface area contributed by atoms with E-state index >= 15 is 0 Å².